The first-order valence-electron chi connectivity index (χ1n) is 8.44. The Balaban J connectivity index is 0.00000392. The smallest absolute Gasteiger partial charge is 0.422 e. The Morgan fingerprint density at radius 2 is 1.79 bits per heavy atom. The molecular formula is C19H23F3IN3O2. The molecule has 0 unspecified atom stereocenters. The van der Waals surface area contributed by atoms with Gasteiger partial charge in [0.1, 0.15) is 11.5 Å². The number of hydrogen-bond donors (Lipinski definition) is 3. The van der Waals surface area contributed by atoms with Crippen molar-refractivity contribution in [1.82, 2.24) is 10.6 Å². The highest BCUT2D eigenvalue weighted by molar-refractivity contribution is 14.0. The van der Waals surface area contributed by atoms with Crippen LogP contribution in [-0.2, 0) is 13.1 Å². The van der Waals surface area contributed by atoms with Gasteiger partial charge in [-0.05, 0) is 42.3 Å². The van der Waals surface area contributed by atoms with Crippen LogP contribution in [0.5, 0.6) is 11.5 Å². The molecule has 0 fully saturated rings. The minimum absolute atomic E-state index is 0. The van der Waals surface area contributed by atoms with Gasteiger partial charge in [0.05, 0.1) is 6.54 Å². The summed E-state index contributed by atoms with van der Waals surface area (Å²) in [6, 6.07) is 13.2. The molecule has 0 aliphatic rings. The normalized spacial score (nSPS) is 11.5. The van der Waals surface area contributed by atoms with Gasteiger partial charge in [-0.2, -0.15) is 13.2 Å². The predicted octanol–water partition coefficient (Wildman–Crippen LogP) is 4.21. The van der Waals surface area contributed by atoms with Crippen molar-refractivity contribution in [3.05, 3.63) is 59.7 Å². The number of alkyl halides is 3. The van der Waals surface area contributed by atoms with Crippen molar-refractivity contribution < 1.29 is 23.0 Å². The molecule has 28 heavy (non-hydrogen) atoms. The average molecular weight is 509 g/mol. The maximum Gasteiger partial charge on any atom is 0.422 e. The van der Waals surface area contributed by atoms with Crippen LogP contribution in [0.2, 0.25) is 0 Å². The Bertz CT molecular complexity index is 753. The lowest BCUT2D eigenvalue weighted by molar-refractivity contribution is -0.153. The molecule has 0 atom stereocenters. The highest BCUT2D eigenvalue weighted by Crippen LogP contribution is 2.18. The Hall–Kier alpha value is -2.17. The maximum atomic E-state index is 12.2. The largest absolute Gasteiger partial charge is 0.508 e. The minimum atomic E-state index is -4.35. The molecule has 0 aromatic heterocycles. The van der Waals surface area contributed by atoms with E-state index in [-0.39, 0.29) is 35.5 Å². The van der Waals surface area contributed by atoms with Crippen LogP contribution in [0.1, 0.15) is 18.1 Å². The number of ether oxygens (including phenoxy) is 1. The van der Waals surface area contributed by atoms with Crippen molar-refractivity contribution in [2.75, 3.05) is 13.2 Å². The van der Waals surface area contributed by atoms with Crippen molar-refractivity contribution in [3.63, 3.8) is 0 Å². The number of phenolic OH excluding ortho intramolecular Hbond substituents is 1. The molecular weight excluding hydrogens is 486 g/mol. The van der Waals surface area contributed by atoms with Crippen LogP contribution < -0.4 is 15.4 Å². The summed E-state index contributed by atoms with van der Waals surface area (Å²) in [5.74, 6) is 0.951. The number of nitrogens with zero attached hydrogens (tertiary/aromatic N) is 1. The first-order valence-corrected chi connectivity index (χ1v) is 8.44. The third kappa shape index (κ3) is 9.16. The van der Waals surface area contributed by atoms with Crippen LogP contribution in [0.25, 0.3) is 0 Å². The van der Waals surface area contributed by atoms with Crippen LogP contribution in [0, 0.1) is 0 Å². The van der Waals surface area contributed by atoms with Gasteiger partial charge in [-0.25, -0.2) is 4.99 Å². The molecule has 0 aliphatic carbocycles. The molecule has 0 bridgehead atoms. The number of aliphatic imine (C=N–C) groups is 1. The number of benzene rings is 2. The molecule has 9 heteroatoms. The van der Waals surface area contributed by atoms with E-state index in [1.54, 1.807) is 30.3 Å². The number of aromatic hydroxyl groups is 1. The van der Waals surface area contributed by atoms with Crippen molar-refractivity contribution in [2.24, 2.45) is 4.99 Å². The number of nitrogens with one attached hydrogen (secondary N) is 2. The maximum absolute atomic E-state index is 12.2. The summed E-state index contributed by atoms with van der Waals surface area (Å²) in [7, 11) is 0. The Morgan fingerprint density at radius 1 is 1.07 bits per heavy atom. The summed E-state index contributed by atoms with van der Waals surface area (Å²) in [5.41, 5.74) is 1.75. The lowest BCUT2D eigenvalue weighted by atomic mass is 10.2. The molecule has 154 valence electrons. The van der Waals surface area contributed by atoms with Gasteiger partial charge in [0, 0.05) is 13.1 Å². The van der Waals surface area contributed by atoms with Crippen molar-refractivity contribution >= 4 is 29.9 Å². The third-order valence-electron chi connectivity index (χ3n) is 3.46. The fourth-order valence-electron chi connectivity index (χ4n) is 2.22. The molecule has 0 amide bonds. The van der Waals surface area contributed by atoms with E-state index in [1.807, 2.05) is 13.0 Å². The summed E-state index contributed by atoms with van der Waals surface area (Å²) >= 11 is 0. The fourth-order valence-corrected chi connectivity index (χ4v) is 2.22. The van der Waals surface area contributed by atoms with Gasteiger partial charge in [0.2, 0.25) is 0 Å². The highest BCUT2D eigenvalue weighted by Gasteiger charge is 2.28. The van der Waals surface area contributed by atoms with Gasteiger partial charge in [0.15, 0.2) is 12.6 Å². The Morgan fingerprint density at radius 3 is 2.39 bits per heavy atom. The van der Waals surface area contributed by atoms with Crippen LogP contribution in [0.15, 0.2) is 53.5 Å². The number of phenols is 1. The second-order valence-electron chi connectivity index (χ2n) is 5.77. The number of guanidine groups is 1. The topological polar surface area (TPSA) is 65.9 Å². The molecule has 0 heterocycles. The lowest BCUT2D eigenvalue weighted by Gasteiger charge is -2.12. The summed E-state index contributed by atoms with van der Waals surface area (Å²) in [6.07, 6.45) is -4.35. The zero-order chi connectivity index (χ0) is 19.7. The van der Waals surface area contributed by atoms with E-state index in [0.717, 1.165) is 11.1 Å². The van der Waals surface area contributed by atoms with Crippen LogP contribution in [0.3, 0.4) is 0 Å². The molecule has 0 radical (unpaired) electrons. The molecule has 0 saturated carbocycles. The van der Waals surface area contributed by atoms with Crippen molar-refractivity contribution in [2.45, 2.75) is 26.2 Å². The van der Waals surface area contributed by atoms with E-state index in [9.17, 15) is 18.3 Å². The van der Waals surface area contributed by atoms with Crippen LogP contribution >= 0.6 is 24.0 Å². The second-order valence-corrected chi connectivity index (χ2v) is 5.77. The summed E-state index contributed by atoms with van der Waals surface area (Å²) in [6.45, 7) is 2.16. The van der Waals surface area contributed by atoms with Gasteiger partial charge in [-0.15, -0.1) is 24.0 Å². The zero-order valence-corrected chi connectivity index (χ0v) is 17.6. The Kier molecular flexibility index (Phi) is 9.91. The van der Waals surface area contributed by atoms with Gasteiger partial charge in [-0.1, -0.05) is 24.3 Å². The molecule has 2 rings (SSSR count). The number of hydrogen-bond acceptors (Lipinski definition) is 3. The van der Waals surface area contributed by atoms with E-state index in [2.05, 4.69) is 20.4 Å². The quantitative estimate of drug-likeness (QED) is 0.298. The molecule has 5 nitrogen and oxygen atoms in total. The van der Waals surface area contributed by atoms with Gasteiger partial charge in [-0.3, -0.25) is 0 Å². The monoisotopic (exact) mass is 509 g/mol. The van der Waals surface area contributed by atoms with Gasteiger partial charge >= 0.3 is 6.18 Å². The van der Waals surface area contributed by atoms with E-state index in [0.29, 0.717) is 25.6 Å². The molecule has 2 aromatic carbocycles. The number of halogens is 4. The molecule has 0 saturated heterocycles. The molecule has 3 N–H and O–H groups in total. The first-order chi connectivity index (χ1) is 12.9. The van der Waals surface area contributed by atoms with Crippen molar-refractivity contribution in [1.29, 1.82) is 0 Å². The standard InChI is InChI=1S/C19H22F3N3O2.HI/c1-2-23-18(25-12-15-4-3-5-16(26)10-15)24-11-14-6-8-17(9-7-14)27-13-19(20,21)22;/h3-10,26H,2,11-13H2,1H3,(H2,23,24,25);1H. The van der Waals surface area contributed by atoms with Gasteiger partial charge in [0.25, 0.3) is 0 Å². The molecule has 0 aliphatic heterocycles. The van der Waals surface area contributed by atoms with Crippen LogP contribution in [0.4, 0.5) is 13.2 Å². The molecule has 2 aromatic rings. The van der Waals surface area contributed by atoms with E-state index in [1.165, 1.54) is 12.1 Å². The summed E-state index contributed by atoms with van der Waals surface area (Å²) < 4.78 is 41.1. The van der Waals surface area contributed by atoms with Crippen LogP contribution in [-0.4, -0.2) is 30.4 Å². The third-order valence-corrected chi connectivity index (χ3v) is 3.46. The highest BCUT2D eigenvalue weighted by atomic mass is 127. The SMILES string of the molecule is CCNC(=NCc1cccc(O)c1)NCc1ccc(OCC(F)(F)F)cc1.I. The number of rotatable bonds is 7. The van der Waals surface area contributed by atoms with Gasteiger partial charge < -0.3 is 20.5 Å². The molecule has 0 spiro atoms. The fraction of sp³-hybridized carbons (Fsp3) is 0.316. The van der Waals surface area contributed by atoms with E-state index in [4.69, 9.17) is 0 Å². The Labute approximate surface area is 179 Å². The van der Waals surface area contributed by atoms with E-state index >= 15 is 0 Å². The average Bonchev–Trinajstić information content (AvgIpc) is 2.62. The predicted molar refractivity (Wildman–Crippen MR) is 113 cm³/mol. The lowest BCUT2D eigenvalue weighted by Crippen LogP contribution is -2.36. The zero-order valence-electron chi connectivity index (χ0n) is 15.3. The second kappa shape index (κ2) is 11.6. The first kappa shape index (κ1) is 23.9. The van der Waals surface area contributed by atoms with E-state index < -0.39 is 12.8 Å². The minimum Gasteiger partial charge on any atom is -0.508 e. The summed E-state index contributed by atoms with van der Waals surface area (Å²) in [4.78, 5) is 4.45. The van der Waals surface area contributed by atoms with Crippen molar-refractivity contribution in [3.8, 4) is 11.5 Å². The summed E-state index contributed by atoms with van der Waals surface area (Å²) in [5, 5.41) is 15.8.